The van der Waals surface area contributed by atoms with Crippen LogP contribution in [0.15, 0.2) is 42.7 Å². The van der Waals surface area contributed by atoms with E-state index in [9.17, 15) is 9.18 Å². The van der Waals surface area contributed by atoms with E-state index in [-0.39, 0.29) is 29.5 Å². The highest BCUT2D eigenvalue weighted by Gasteiger charge is 2.25. The minimum atomic E-state index is -0.732. The normalized spacial score (nSPS) is 11.8. The Morgan fingerprint density at radius 2 is 1.94 bits per heavy atom. The third kappa shape index (κ3) is 3.60. The molecule has 0 saturated heterocycles. The molecule has 0 aliphatic heterocycles. The minimum absolute atomic E-state index is 0.0667. The molecule has 34 heavy (non-hydrogen) atoms. The van der Waals surface area contributed by atoms with Crippen LogP contribution >= 0.6 is 0 Å². The molecule has 0 atom stereocenters. The highest BCUT2D eigenvalue weighted by Crippen LogP contribution is 2.25. The molecule has 10 heteroatoms. The van der Waals surface area contributed by atoms with Gasteiger partial charge in [-0.2, -0.15) is 4.39 Å². The number of rotatable bonds is 5. The fourth-order valence-electron chi connectivity index (χ4n) is 4.17. The van der Waals surface area contributed by atoms with Gasteiger partial charge in [-0.25, -0.2) is 19.3 Å². The van der Waals surface area contributed by atoms with Crippen LogP contribution in [0.1, 0.15) is 35.6 Å². The molecule has 0 unspecified atom stereocenters. The maximum absolute atomic E-state index is 15.1. The average Bonchev–Trinajstić information content (AvgIpc) is 3.33. The summed E-state index contributed by atoms with van der Waals surface area (Å²) in [6.45, 7) is 5.87. The van der Waals surface area contributed by atoms with Crippen LogP contribution in [0.4, 0.5) is 14.6 Å². The number of aryl methyl sites for hydroxylation is 1. The Hall–Kier alpha value is -4.08. The Morgan fingerprint density at radius 1 is 1.15 bits per heavy atom. The highest BCUT2D eigenvalue weighted by molar-refractivity contribution is 5.98. The third-order valence-corrected chi connectivity index (χ3v) is 5.60. The van der Waals surface area contributed by atoms with E-state index in [4.69, 9.17) is 5.73 Å². The van der Waals surface area contributed by atoms with Crippen molar-refractivity contribution in [3.63, 3.8) is 0 Å². The zero-order valence-corrected chi connectivity index (χ0v) is 19.0. The number of nitrogen functional groups attached to an aromatic ring is 1. The Balaban J connectivity index is 1.59. The van der Waals surface area contributed by atoms with Crippen molar-refractivity contribution in [2.45, 2.75) is 27.3 Å². The smallest absolute Gasteiger partial charge is 0.257 e. The molecule has 0 aliphatic rings. The number of hydrogen-bond donors (Lipinski definition) is 1. The van der Waals surface area contributed by atoms with Crippen LogP contribution in [0.25, 0.3) is 22.3 Å². The van der Waals surface area contributed by atoms with Gasteiger partial charge in [0.05, 0.1) is 28.8 Å². The number of benzene rings is 1. The molecule has 0 aliphatic carbocycles. The largest absolute Gasteiger partial charge is 0.381 e. The first kappa shape index (κ1) is 21.7. The number of aromatic nitrogens is 5. The lowest BCUT2D eigenvalue weighted by Crippen LogP contribution is -2.34. The molecule has 174 valence electrons. The minimum Gasteiger partial charge on any atom is -0.381 e. The highest BCUT2D eigenvalue weighted by atomic mass is 19.1. The van der Waals surface area contributed by atoms with Gasteiger partial charge in [-0.15, -0.1) is 0 Å². The van der Waals surface area contributed by atoms with Crippen LogP contribution in [0.5, 0.6) is 0 Å². The lowest BCUT2D eigenvalue weighted by atomic mass is 10.1. The summed E-state index contributed by atoms with van der Waals surface area (Å²) in [5, 5.41) is 0. The second-order valence-electron chi connectivity index (χ2n) is 8.75. The van der Waals surface area contributed by atoms with Crippen molar-refractivity contribution >= 4 is 34.1 Å². The second-order valence-corrected chi connectivity index (χ2v) is 8.75. The number of halogens is 2. The van der Waals surface area contributed by atoms with Crippen molar-refractivity contribution < 1.29 is 13.6 Å². The predicted octanol–water partition coefficient (Wildman–Crippen LogP) is 4.00. The first-order valence-electron chi connectivity index (χ1n) is 10.9. The van der Waals surface area contributed by atoms with E-state index in [1.807, 2.05) is 20.8 Å². The second kappa shape index (κ2) is 8.05. The van der Waals surface area contributed by atoms with E-state index in [1.54, 1.807) is 35.0 Å². The van der Waals surface area contributed by atoms with Crippen molar-refractivity contribution in [3.05, 3.63) is 71.4 Å². The van der Waals surface area contributed by atoms with Gasteiger partial charge in [0.25, 0.3) is 5.91 Å². The summed E-state index contributed by atoms with van der Waals surface area (Å²) in [4.78, 5) is 27.9. The van der Waals surface area contributed by atoms with Gasteiger partial charge in [-0.3, -0.25) is 13.6 Å². The first-order chi connectivity index (χ1) is 16.2. The Morgan fingerprint density at radius 3 is 2.68 bits per heavy atom. The summed E-state index contributed by atoms with van der Waals surface area (Å²) >= 11 is 0. The number of fused-ring (bicyclic) bond motifs is 4. The van der Waals surface area contributed by atoms with Gasteiger partial charge in [0.1, 0.15) is 17.2 Å². The fourth-order valence-corrected chi connectivity index (χ4v) is 4.17. The average molecular weight is 463 g/mol. The van der Waals surface area contributed by atoms with Crippen LogP contribution in [0, 0.1) is 24.6 Å². The molecular formula is C24H23F2N7O. The molecule has 0 radical (unpaired) electrons. The number of carbonyl (C=O) groups is 1. The number of nitrogens with two attached hydrogens (primary N) is 1. The van der Waals surface area contributed by atoms with E-state index in [2.05, 4.69) is 15.0 Å². The van der Waals surface area contributed by atoms with Crippen LogP contribution in [0.3, 0.4) is 0 Å². The summed E-state index contributed by atoms with van der Waals surface area (Å²) in [6, 6.07) is 7.77. The number of pyridine rings is 1. The number of carbonyl (C=O) groups excluding carboxylic acids is 1. The van der Waals surface area contributed by atoms with Crippen molar-refractivity contribution in [2.75, 3.05) is 12.3 Å². The monoisotopic (exact) mass is 463 g/mol. The molecule has 1 aromatic carbocycles. The van der Waals surface area contributed by atoms with E-state index in [1.165, 1.54) is 21.4 Å². The van der Waals surface area contributed by atoms with E-state index in [0.29, 0.717) is 34.6 Å². The SMILES string of the molecule is Cc1cn2c(n1)c(N)nc1cc(F)c(C(=O)N(Cc3nc4ccccn4c3F)CC(C)C)cc12. The van der Waals surface area contributed by atoms with Gasteiger partial charge in [0.2, 0.25) is 5.95 Å². The Labute approximate surface area is 193 Å². The maximum Gasteiger partial charge on any atom is 0.257 e. The summed E-state index contributed by atoms with van der Waals surface area (Å²) in [5.74, 6) is -1.61. The first-order valence-corrected chi connectivity index (χ1v) is 10.9. The third-order valence-electron chi connectivity index (χ3n) is 5.60. The molecule has 2 N–H and O–H groups in total. The topological polar surface area (TPSA) is 93.8 Å². The van der Waals surface area contributed by atoms with Gasteiger partial charge < -0.3 is 10.6 Å². The number of amides is 1. The van der Waals surface area contributed by atoms with E-state index < -0.39 is 17.7 Å². The quantitative estimate of drug-likeness (QED) is 0.425. The zero-order chi connectivity index (χ0) is 24.1. The molecule has 4 heterocycles. The summed E-state index contributed by atoms with van der Waals surface area (Å²) in [7, 11) is 0. The molecule has 5 aromatic rings. The molecule has 8 nitrogen and oxygen atoms in total. The molecule has 0 bridgehead atoms. The predicted molar refractivity (Wildman–Crippen MR) is 124 cm³/mol. The lowest BCUT2D eigenvalue weighted by Gasteiger charge is -2.24. The van der Waals surface area contributed by atoms with E-state index >= 15 is 4.39 Å². The van der Waals surface area contributed by atoms with E-state index in [0.717, 1.165) is 0 Å². The maximum atomic E-state index is 15.1. The Kier molecular flexibility index (Phi) is 5.15. The zero-order valence-electron chi connectivity index (χ0n) is 19.0. The molecular weight excluding hydrogens is 440 g/mol. The molecule has 1 amide bonds. The molecule has 5 rings (SSSR count). The molecule has 0 fully saturated rings. The number of anilines is 1. The van der Waals surface area contributed by atoms with Crippen molar-refractivity contribution in [2.24, 2.45) is 5.92 Å². The fraction of sp³-hybridized carbons (Fsp3) is 0.250. The van der Waals surface area contributed by atoms with Gasteiger partial charge in [0, 0.05) is 25.0 Å². The number of nitrogens with zero attached hydrogens (tertiary/aromatic N) is 6. The summed E-state index contributed by atoms with van der Waals surface area (Å²) in [6.07, 6.45) is 3.32. The van der Waals surface area contributed by atoms with Crippen LogP contribution in [-0.4, -0.2) is 41.1 Å². The van der Waals surface area contributed by atoms with Gasteiger partial charge >= 0.3 is 0 Å². The van der Waals surface area contributed by atoms with Crippen LogP contribution in [0.2, 0.25) is 0 Å². The van der Waals surface area contributed by atoms with Crippen molar-refractivity contribution in [3.8, 4) is 0 Å². The molecule has 0 spiro atoms. The number of imidazole rings is 2. The summed E-state index contributed by atoms with van der Waals surface area (Å²) in [5.41, 5.74) is 8.33. The van der Waals surface area contributed by atoms with Gasteiger partial charge in [-0.1, -0.05) is 19.9 Å². The van der Waals surface area contributed by atoms with Crippen molar-refractivity contribution in [1.29, 1.82) is 0 Å². The molecule has 0 saturated carbocycles. The van der Waals surface area contributed by atoms with Crippen LogP contribution in [-0.2, 0) is 6.54 Å². The molecule has 4 aromatic heterocycles. The van der Waals surface area contributed by atoms with Gasteiger partial charge in [-0.05, 0) is 31.0 Å². The lowest BCUT2D eigenvalue weighted by molar-refractivity contribution is 0.0714. The Bertz CT molecular complexity index is 1570. The summed E-state index contributed by atoms with van der Waals surface area (Å²) < 4.78 is 33.1. The van der Waals surface area contributed by atoms with Crippen LogP contribution < -0.4 is 5.73 Å². The van der Waals surface area contributed by atoms with Gasteiger partial charge in [0.15, 0.2) is 11.5 Å². The number of hydrogen-bond acceptors (Lipinski definition) is 5. The standard InChI is InChI=1S/C24H23F2N7O/c1-13(2)10-31(12-18-21(26)32-7-5-4-6-20(32)29-18)24(34)15-8-19-17(9-16(15)25)30-22(27)23-28-14(3)11-33(19)23/h4-9,11,13H,10,12H2,1-3H3,(H2,27,30). The van der Waals surface area contributed by atoms with Crippen molar-refractivity contribution in [1.82, 2.24) is 28.7 Å².